The van der Waals surface area contributed by atoms with E-state index >= 15 is 0 Å². The van der Waals surface area contributed by atoms with Crippen molar-refractivity contribution in [2.45, 2.75) is 6.92 Å². The standard InChI is InChI=1S/C3H10N2O4S2/c1-3-5(10(6)7)11(8,9)4-2/h4H,3H2,1-2H3,(H,6,7). The lowest BCUT2D eigenvalue weighted by molar-refractivity contribution is 0.482. The number of hydrogen-bond acceptors (Lipinski definition) is 3. The van der Waals surface area contributed by atoms with Crippen molar-refractivity contribution in [3.8, 4) is 0 Å². The lowest BCUT2D eigenvalue weighted by Crippen LogP contribution is -2.39. The largest absolute Gasteiger partial charge is 0.293 e. The molecule has 0 rings (SSSR count). The Balaban J connectivity index is 4.65. The molecule has 11 heavy (non-hydrogen) atoms. The van der Waals surface area contributed by atoms with Crippen molar-refractivity contribution >= 4 is 21.5 Å². The SMILES string of the molecule is CCN(S(=O)O)S(=O)(=O)NC. The highest BCUT2D eigenvalue weighted by Gasteiger charge is 2.22. The highest BCUT2D eigenvalue weighted by molar-refractivity contribution is 7.98. The molecule has 8 heteroatoms. The Bertz CT molecular complexity index is 236. The lowest BCUT2D eigenvalue weighted by Gasteiger charge is -2.13. The molecule has 0 saturated heterocycles. The average Bonchev–Trinajstić information content (AvgIpc) is 1.88. The Kier molecular flexibility index (Phi) is 4.11. The van der Waals surface area contributed by atoms with Crippen LogP contribution in [0.4, 0.5) is 0 Å². The second-order valence-corrected chi connectivity index (χ2v) is 4.49. The van der Waals surface area contributed by atoms with Crippen molar-refractivity contribution in [1.29, 1.82) is 0 Å². The van der Waals surface area contributed by atoms with Gasteiger partial charge in [0.1, 0.15) is 0 Å². The van der Waals surface area contributed by atoms with Crippen LogP contribution in [-0.4, -0.2) is 34.5 Å². The summed E-state index contributed by atoms with van der Waals surface area (Å²) in [5.74, 6) is 0. The van der Waals surface area contributed by atoms with Crippen LogP contribution >= 0.6 is 0 Å². The molecule has 0 radical (unpaired) electrons. The van der Waals surface area contributed by atoms with Gasteiger partial charge in [0.05, 0.1) is 0 Å². The summed E-state index contributed by atoms with van der Waals surface area (Å²) in [6.07, 6.45) is 0. The Labute approximate surface area is 68.2 Å². The molecule has 68 valence electrons. The molecule has 0 aromatic heterocycles. The van der Waals surface area contributed by atoms with Crippen LogP contribution in [0.3, 0.4) is 0 Å². The predicted molar refractivity (Wildman–Crippen MR) is 41.1 cm³/mol. The van der Waals surface area contributed by atoms with Gasteiger partial charge in [-0.1, -0.05) is 10.6 Å². The van der Waals surface area contributed by atoms with Gasteiger partial charge in [-0.2, -0.15) is 8.42 Å². The van der Waals surface area contributed by atoms with Crippen LogP contribution in [0.2, 0.25) is 0 Å². The van der Waals surface area contributed by atoms with E-state index in [9.17, 15) is 12.6 Å². The molecular weight excluding hydrogens is 192 g/mol. The fourth-order valence-corrected chi connectivity index (χ4v) is 2.13. The first-order valence-electron chi connectivity index (χ1n) is 2.78. The van der Waals surface area contributed by atoms with Crippen LogP contribution in [0.1, 0.15) is 6.92 Å². The van der Waals surface area contributed by atoms with Gasteiger partial charge in [0.2, 0.25) is 11.3 Å². The zero-order chi connectivity index (χ0) is 9.07. The van der Waals surface area contributed by atoms with E-state index in [1.54, 1.807) is 0 Å². The fraction of sp³-hybridized carbons (Fsp3) is 1.00. The van der Waals surface area contributed by atoms with Crippen molar-refractivity contribution in [2.75, 3.05) is 13.6 Å². The predicted octanol–water partition coefficient (Wildman–Crippen LogP) is -1.09. The van der Waals surface area contributed by atoms with Crippen LogP contribution in [-0.2, 0) is 21.5 Å². The molecule has 0 aromatic carbocycles. The maximum Gasteiger partial charge on any atom is 0.292 e. The van der Waals surface area contributed by atoms with Gasteiger partial charge in [-0.25, -0.2) is 8.93 Å². The van der Waals surface area contributed by atoms with Gasteiger partial charge in [-0.05, 0) is 0 Å². The van der Waals surface area contributed by atoms with E-state index in [1.807, 2.05) is 4.72 Å². The van der Waals surface area contributed by atoms with Gasteiger partial charge in [0.15, 0.2) is 0 Å². The molecule has 0 heterocycles. The molecule has 1 unspecified atom stereocenters. The normalized spacial score (nSPS) is 15.3. The van der Waals surface area contributed by atoms with Crippen molar-refractivity contribution in [3.63, 3.8) is 0 Å². The Morgan fingerprint density at radius 1 is 1.64 bits per heavy atom. The third-order valence-corrected chi connectivity index (χ3v) is 3.85. The summed E-state index contributed by atoms with van der Waals surface area (Å²) in [4.78, 5) is 0. The maximum absolute atomic E-state index is 10.8. The fourth-order valence-electron chi connectivity index (χ4n) is 0.466. The molecule has 6 nitrogen and oxygen atoms in total. The monoisotopic (exact) mass is 202 g/mol. The van der Waals surface area contributed by atoms with Gasteiger partial charge in [0, 0.05) is 13.6 Å². The van der Waals surface area contributed by atoms with Gasteiger partial charge in [-0.3, -0.25) is 4.55 Å². The van der Waals surface area contributed by atoms with Crippen LogP contribution in [0.15, 0.2) is 0 Å². The first-order valence-corrected chi connectivity index (χ1v) is 5.28. The molecule has 0 aromatic rings. The first kappa shape index (κ1) is 11.0. The summed E-state index contributed by atoms with van der Waals surface area (Å²) in [6, 6.07) is 0. The van der Waals surface area contributed by atoms with E-state index in [0.717, 1.165) is 0 Å². The highest BCUT2D eigenvalue weighted by Crippen LogP contribution is 1.98. The van der Waals surface area contributed by atoms with Crippen molar-refractivity contribution < 1.29 is 17.2 Å². The quantitative estimate of drug-likeness (QED) is 0.567. The second-order valence-electron chi connectivity index (χ2n) is 1.56. The van der Waals surface area contributed by atoms with Gasteiger partial charge < -0.3 is 0 Å². The molecule has 0 saturated carbocycles. The molecule has 2 N–H and O–H groups in total. The van der Waals surface area contributed by atoms with Crippen LogP contribution in [0.25, 0.3) is 0 Å². The molecular formula is C3H10N2O4S2. The average molecular weight is 202 g/mol. The molecule has 0 aliphatic heterocycles. The van der Waals surface area contributed by atoms with Crippen molar-refractivity contribution in [3.05, 3.63) is 0 Å². The van der Waals surface area contributed by atoms with E-state index in [0.29, 0.717) is 3.71 Å². The third kappa shape index (κ3) is 2.83. The van der Waals surface area contributed by atoms with E-state index in [4.69, 9.17) is 4.55 Å². The molecule has 0 amide bonds. The minimum atomic E-state index is -3.78. The molecule has 0 aliphatic rings. The highest BCUT2D eigenvalue weighted by atomic mass is 32.3. The summed E-state index contributed by atoms with van der Waals surface area (Å²) in [6.45, 7) is 1.41. The first-order chi connectivity index (χ1) is 4.95. The smallest absolute Gasteiger partial charge is 0.292 e. The zero-order valence-electron chi connectivity index (χ0n) is 6.14. The second kappa shape index (κ2) is 4.12. The molecule has 0 spiro atoms. The summed E-state index contributed by atoms with van der Waals surface area (Å²) in [5.41, 5.74) is 0. The van der Waals surface area contributed by atoms with E-state index in [2.05, 4.69) is 0 Å². The summed E-state index contributed by atoms with van der Waals surface area (Å²) >= 11 is -2.49. The van der Waals surface area contributed by atoms with E-state index in [-0.39, 0.29) is 6.54 Å². The minimum Gasteiger partial charge on any atom is -0.293 e. The third-order valence-electron chi connectivity index (χ3n) is 0.958. The lowest BCUT2D eigenvalue weighted by atomic mass is 10.8. The molecule has 0 bridgehead atoms. The Morgan fingerprint density at radius 3 is 2.18 bits per heavy atom. The summed E-state index contributed by atoms with van der Waals surface area (Å²) < 4.78 is 42.8. The summed E-state index contributed by atoms with van der Waals surface area (Å²) in [7, 11) is -2.60. The zero-order valence-corrected chi connectivity index (χ0v) is 7.78. The van der Waals surface area contributed by atoms with Crippen LogP contribution < -0.4 is 4.72 Å². The molecule has 1 atom stereocenters. The summed E-state index contributed by atoms with van der Waals surface area (Å²) in [5, 5.41) is 0. The number of hydrogen-bond donors (Lipinski definition) is 2. The van der Waals surface area contributed by atoms with Gasteiger partial charge in [0.25, 0.3) is 10.2 Å². The van der Waals surface area contributed by atoms with Crippen molar-refractivity contribution in [2.24, 2.45) is 0 Å². The number of nitrogens with zero attached hydrogens (tertiary/aromatic N) is 1. The molecule has 0 fully saturated rings. The topological polar surface area (TPSA) is 86.7 Å². The van der Waals surface area contributed by atoms with Gasteiger partial charge in [-0.15, -0.1) is 0 Å². The van der Waals surface area contributed by atoms with Crippen LogP contribution in [0.5, 0.6) is 0 Å². The number of nitrogens with one attached hydrogen (secondary N) is 1. The number of rotatable bonds is 4. The Hall–Kier alpha value is -0.0200. The van der Waals surface area contributed by atoms with Crippen molar-refractivity contribution in [1.82, 2.24) is 8.43 Å². The maximum atomic E-state index is 10.8. The minimum absolute atomic E-state index is 0.0493. The van der Waals surface area contributed by atoms with Gasteiger partial charge >= 0.3 is 0 Å². The van der Waals surface area contributed by atoms with E-state index < -0.39 is 21.5 Å². The Morgan fingerprint density at radius 2 is 2.09 bits per heavy atom. The van der Waals surface area contributed by atoms with Crippen LogP contribution in [0, 0.1) is 0 Å². The molecule has 0 aliphatic carbocycles. The van der Waals surface area contributed by atoms with E-state index in [1.165, 1.54) is 14.0 Å².